The highest BCUT2D eigenvalue weighted by atomic mass is 16.5. The van der Waals surface area contributed by atoms with Gasteiger partial charge in [-0.25, -0.2) is 14.8 Å². The standard InChI is InChI=1S/C28H34N4O3/c1-21-8-6-13-26(22(21)2)35-19-18-31-14-16-32(17-15-31)28-29-20-24(27(33)34)25(30-28)12-7-11-23-9-4-3-5-10-23/h3-6,8-10,13,20H,7,11-12,14-19H2,1-2H3,(H,33,34). The lowest BCUT2D eigenvalue weighted by Crippen LogP contribution is -2.48. The van der Waals surface area contributed by atoms with E-state index in [1.54, 1.807) is 0 Å². The molecule has 1 aliphatic heterocycles. The summed E-state index contributed by atoms with van der Waals surface area (Å²) in [6, 6.07) is 16.4. The fraction of sp³-hybridized carbons (Fsp3) is 0.393. The first kappa shape index (κ1) is 24.7. The van der Waals surface area contributed by atoms with Crippen molar-refractivity contribution in [1.29, 1.82) is 0 Å². The number of carboxylic acid groups (broad SMARTS) is 1. The minimum atomic E-state index is -0.972. The zero-order valence-corrected chi connectivity index (χ0v) is 20.6. The SMILES string of the molecule is Cc1cccc(OCCN2CCN(c3ncc(C(=O)O)c(CCCc4ccccc4)n3)CC2)c1C. The van der Waals surface area contributed by atoms with Crippen LogP contribution in [0.3, 0.4) is 0 Å². The van der Waals surface area contributed by atoms with Crippen LogP contribution in [0.2, 0.25) is 0 Å². The number of piperazine rings is 1. The van der Waals surface area contributed by atoms with Gasteiger partial charge in [0, 0.05) is 38.9 Å². The lowest BCUT2D eigenvalue weighted by molar-refractivity contribution is 0.0694. The molecule has 184 valence electrons. The van der Waals surface area contributed by atoms with Crippen LogP contribution in [-0.4, -0.2) is 65.3 Å². The quantitative estimate of drug-likeness (QED) is 0.472. The molecule has 0 spiro atoms. The van der Waals surface area contributed by atoms with Gasteiger partial charge in [0.15, 0.2) is 0 Å². The molecular formula is C28H34N4O3. The fourth-order valence-corrected chi connectivity index (χ4v) is 4.37. The Bertz CT molecular complexity index is 1130. The summed E-state index contributed by atoms with van der Waals surface area (Å²) >= 11 is 0. The molecule has 1 saturated heterocycles. The highest BCUT2D eigenvalue weighted by Crippen LogP contribution is 2.21. The zero-order valence-electron chi connectivity index (χ0n) is 20.6. The Labute approximate surface area is 207 Å². The van der Waals surface area contributed by atoms with E-state index in [1.807, 2.05) is 30.3 Å². The van der Waals surface area contributed by atoms with Crippen molar-refractivity contribution in [1.82, 2.24) is 14.9 Å². The van der Waals surface area contributed by atoms with E-state index in [-0.39, 0.29) is 5.56 Å². The van der Waals surface area contributed by atoms with Crippen LogP contribution in [0.4, 0.5) is 5.95 Å². The van der Waals surface area contributed by atoms with E-state index in [9.17, 15) is 9.90 Å². The van der Waals surface area contributed by atoms with Gasteiger partial charge in [0.05, 0.1) is 11.3 Å². The number of aromatic nitrogens is 2. The van der Waals surface area contributed by atoms with E-state index >= 15 is 0 Å². The van der Waals surface area contributed by atoms with Crippen LogP contribution in [0.15, 0.2) is 54.7 Å². The second kappa shape index (κ2) is 11.8. The first-order valence-electron chi connectivity index (χ1n) is 12.3. The molecule has 1 N–H and O–H groups in total. The molecule has 35 heavy (non-hydrogen) atoms. The van der Waals surface area contributed by atoms with Crippen molar-refractivity contribution in [2.24, 2.45) is 0 Å². The number of nitrogens with zero attached hydrogens (tertiary/aromatic N) is 4. The molecule has 0 atom stereocenters. The third-order valence-electron chi connectivity index (χ3n) is 6.68. The van der Waals surface area contributed by atoms with E-state index in [0.717, 1.165) is 51.3 Å². The largest absolute Gasteiger partial charge is 0.492 e. The molecule has 7 nitrogen and oxygen atoms in total. The van der Waals surface area contributed by atoms with Gasteiger partial charge in [0.25, 0.3) is 0 Å². The smallest absolute Gasteiger partial charge is 0.339 e. The summed E-state index contributed by atoms with van der Waals surface area (Å²) in [6.45, 7) is 9.10. The van der Waals surface area contributed by atoms with Gasteiger partial charge in [0.1, 0.15) is 12.4 Å². The predicted molar refractivity (Wildman–Crippen MR) is 138 cm³/mol. The Morgan fingerprint density at radius 3 is 2.51 bits per heavy atom. The first-order valence-corrected chi connectivity index (χ1v) is 12.3. The molecule has 0 amide bonds. The van der Waals surface area contributed by atoms with Gasteiger partial charge >= 0.3 is 5.97 Å². The monoisotopic (exact) mass is 474 g/mol. The topological polar surface area (TPSA) is 78.8 Å². The number of hydrogen-bond acceptors (Lipinski definition) is 6. The molecule has 1 fully saturated rings. The average molecular weight is 475 g/mol. The van der Waals surface area contributed by atoms with Crippen molar-refractivity contribution >= 4 is 11.9 Å². The van der Waals surface area contributed by atoms with Gasteiger partial charge in [0.2, 0.25) is 5.95 Å². The molecule has 2 heterocycles. The highest BCUT2D eigenvalue weighted by molar-refractivity contribution is 5.88. The average Bonchev–Trinajstić information content (AvgIpc) is 2.87. The lowest BCUT2D eigenvalue weighted by atomic mass is 10.0. The van der Waals surface area contributed by atoms with Crippen molar-refractivity contribution in [2.75, 3.05) is 44.2 Å². The Kier molecular flexibility index (Phi) is 8.32. The van der Waals surface area contributed by atoms with Crippen LogP contribution in [0.1, 0.15) is 39.2 Å². The van der Waals surface area contributed by atoms with Crippen molar-refractivity contribution in [3.63, 3.8) is 0 Å². The Hall–Kier alpha value is -3.45. The molecule has 4 rings (SSSR count). The van der Waals surface area contributed by atoms with Gasteiger partial charge in [-0.2, -0.15) is 0 Å². The van der Waals surface area contributed by atoms with E-state index in [0.29, 0.717) is 24.7 Å². The van der Waals surface area contributed by atoms with E-state index in [4.69, 9.17) is 4.74 Å². The molecule has 1 aliphatic rings. The number of aromatic carboxylic acids is 1. The summed E-state index contributed by atoms with van der Waals surface area (Å²) in [4.78, 5) is 25.3. The minimum Gasteiger partial charge on any atom is -0.492 e. The molecule has 2 aromatic carbocycles. The number of carboxylic acids is 1. The van der Waals surface area contributed by atoms with Crippen molar-refractivity contribution in [3.8, 4) is 5.75 Å². The van der Waals surface area contributed by atoms with Gasteiger partial charge in [-0.15, -0.1) is 0 Å². The minimum absolute atomic E-state index is 0.198. The summed E-state index contributed by atoms with van der Waals surface area (Å²) in [6.07, 6.45) is 3.81. The normalized spacial score (nSPS) is 14.2. The second-order valence-electron chi connectivity index (χ2n) is 9.05. The van der Waals surface area contributed by atoms with Crippen LogP contribution in [0.5, 0.6) is 5.75 Å². The molecular weight excluding hydrogens is 440 g/mol. The molecule has 1 aromatic heterocycles. The lowest BCUT2D eigenvalue weighted by Gasteiger charge is -2.34. The summed E-state index contributed by atoms with van der Waals surface area (Å²) < 4.78 is 6.02. The van der Waals surface area contributed by atoms with Crippen LogP contribution < -0.4 is 9.64 Å². The Morgan fingerprint density at radius 1 is 1.00 bits per heavy atom. The number of rotatable bonds is 10. The summed E-state index contributed by atoms with van der Waals surface area (Å²) in [5.41, 5.74) is 4.49. The predicted octanol–water partition coefficient (Wildman–Crippen LogP) is 4.17. The summed E-state index contributed by atoms with van der Waals surface area (Å²) in [7, 11) is 0. The maximum Gasteiger partial charge on any atom is 0.339 e. The Balaban J connectivity index is 1.30. The van der Waals surface area contributed by atoms with Crippen LogP contribution in [-0.2, 0) is 12.8 Å². The number of ether oxygens (including phenoxy) is 1. The maximum atomic E-state index is 11.7. The van der Waals surface area contributed by atoms with Crippen LogP contribution in [0, 0.1) is 13.8 Å². The second-order valence-corrected chi connectivity index (χ2v) is 9.05. The molecule has 0 radical (unpaired) electrons. The van der Waals surface area contributed by atoms with E-state index < -0.39 is 5.97 Å². The van der Waals surface area contributed by atoms with Crippen LogP contribution in [0.25, 0.3) is 0 Å². The zero-order chi connectivity index (χ0) is 24.6. The number of hydrogen-bond donors (Lipinski definition) is 1. The summed E-state index contributed by atoms with van der Waals surface area (Å²) in [5, 5.41) is 9.60. The summed E-state index contributed by atoms with van der Waals surface area (Å²) in [5.74, 6) is 0.603. The molecule has 0 bridgehead atoms. The van der Waals surface area contributed by atoms with Crippen molar-refractivity contribution < 1.29 is 14.6 Å². The third kappa shape index (κ3) is 6.57. The molecule has 0 unspecified atom stereocenters. The molecule has 3 aromatic rings. The van der Waals surface area contributed by atoms with Crippen molar-refractivity contribution in [3.05, 3.63) is 82.7 Å². The Morgan fingerprint density at radius 2 is 1.77 bits per heavy atom. The van der Waals surface area contributed by atoms with E-state index in [2.05, 4.69) is 51.8 Å². The fourth-order valence-electron chi connectivity index (χ4n) is 4.37. The highest BCUT2D eigenvalue weighted by Gasteiger charge is 2.21. The van der Waals surface area contributed by atoms with Gasteiger partial charge in [-0.05, 0) is 55.9 Å². The molecule has 0 saturated carbocycles. The third-order valence-corrected chi connectivity index (χ3v) is 6.68. The van der Waals surface area contributed by atoms with Crippen molar-refractivity contribution in [2.45, 2.75) is 33.1 Å². The number of anilines is 1. The molecule has 7 heteroatoms. The number of benzene rings is 2. The van der Waals surface area contributed by atoms with Crippen LogP contribution >= 0.6 is 0 Å². The molecule has 0 aliphatic carbocycles. The number of carbonyl (C=O) groups is 1. The van der Waals surface area contributed by atoms with E-state index in [1.165, 1.54) is 22.9 Å². The van der Waals surface area contributed by atoms with Gasteiger partial charge in [-0.3, -0.25) is 4.90 Å². The maximum absolute atomic E-state index is 11.7. The van der Waals surface area contributed by atoms with Gasteiger partial charge < -0.3 is 14.7 Å². The first-order chi connectivity index (χ1) is 17.0. The van der Waals surface area contributed by atoms with Gasteiger partial charge in [-0.1, -0.05) is 42.5 Å². The number of aryl methyl sites for hydroxylation is 3.